The number of piperidine rings is 1. The summed E-state index contributed by atoms with van der Waals surface area (Å²) in [6.07, 6.45) is 7.35. The van der Waals surface area contributed by atoms with Crippen LogP contribution in [0, 0.1) is 5.41 Å². The number of pyridine rings is 1. The second kappa shape index (κ2) is 8.28. The molecule has 1 spiro atoms. The van der Waals surface area contributed by atoms with Gasteiger partial charge < -0.3 is 15.0 Å². The molecule has 1 saturated heterocycles. The van der Waals surface area contributed by atoms with Gasteiger partial charge in [-0.15, -0.1) is 5.10 Å². The fourth-order valence-electron chi connectivity index (χ4n) is 4.37. The number of nitrogens with zero attached hydrogens (tertiary/aromatic N) is 5. The summed E-state index contributed by atoms with van der Waals surface area (Å²) in [4.78, 5) is 30.8. The molecule has 0 radical (unpaired) electrons. The standard InChI is InChI=1S/C20H26N6O3/c1-29-13-10-22-18(27)16-14-26(24-23-16)17-5-6-20(17)7-11-25(12-8-20)19(28)15-4-2-3-9-21-15/h2-4,9,14,17H,5-8,10-13H2,1H3,(H,22,27). The number of hydrogen-bond donors (Lipinski definition) is 1. The molecule has 2 aromatic heterocycles. The number of hydrogen-bond acceptors (Lipinski definition) is 6. The SMILES string of the molecule is COCCNC(=O)c1cn(C2CCC23CCN(C(=O)c2ccccn2)CC3)nn1. The first kappa shape index (κ1) is 19.5. The summed E-state index contributed by atoms with van der Waals surface area (Å²) < 4.78 is 6.78. The molecule has 2 amide bonds. The Morgan fingerprint density at radius 1 is 1.24 bits per heavy atom. The van der Waals surface area contributed by atoms with Crippen molar-refractivity contribution >= 4 is 11.8 Å². The van der Waals surface area contributed by atoms with Crippen molar-refractivity contribution in [1.29, 1.82) is 0 Å². The van der Waals surface area contributed by atoms with Gasteiger partial charge in [-0.05, 0) is 43.2 Å². The summed E-state index contributed by atoms with van der Waals surface area (Å²) in [5.74, 6) is -0.246. The Kier molecular flexibility index (Phi) is 5.57. The first-order chi connectivity index (χ1) is 14.1. The van der Waals surface area contributed by atoms with E-state index in [2.05, 4.69) is 20.6 Å². The Hall–Kier alpha value is -2.81. The molecule has 3 heterocycles. The van der Waals surface area contributed by atoms with Crippen LogP contribution in [-0.4, -0.2) is 70.0 Å². The maximum atomic E-state index is 12.6. The highest BCUT2D eigenvalue weighted by molar-refractivity contribution is 5.92. The smallest absolute Gasteiger partial charge is 0.273 e. The summed E-state index contributed by atoms with van der Waals surface area (Å²) in [5.41, 5.74) is 0.943. The van der Waals surface area contributed by atoms with Crippen molar-refractivity contribution in [3.8, 4) is 0 Å². The first-order valence-corrected chi connectivity index (χ1v) is 10.0. The molecule has 2 aliphatic rings. The summed E-state index contributed by atoms with van der Waals surface area (Å²) in [6.45, 7) is 2.32. The quantitative estimate of drug-likeness (QED) is 0.736. The van der Waals surface area contributed by atoms with Crippen molar-refractivity contribution < 1.29 is 14.3 Å². The zero-order valence-corrected chi connectivity index (χ0v) is 16.6. The monoisotopic (exact) mass is 398 g/mol. The molecule has 29 heavy (non-hydrogen) atoms. The third-order valence-electron chi connectivity index (χ3n) is 6.21. The lowest BCUT2D eigenvalue weighted by Crippen LogP contribution is -2.51. The van der Waals surface area contributed by atoms with E-state index in [4.69, 9.17) is 4.74 Å². The van der Waals surface area contributed by atoms with Crippen LogP contribution in [0.5, 0.6) is 0 Å². The molecular weight excluding hydrogens is 372 g/mol. The van der Waals surface area contributed by atoms with Crippen LogP contribution >= 0.6 is 0 Å². The molecule has 9 nitrogen and oxygen atoms in total. The molecule has 1 saturated carbocycles. The maximum absolute atomic E-state index is 12.6. The Morgan fingerprint density at radius 3 is 2.72 bits per heavy atom. The molecule has 1 aliphatic carbocycles. The van der Waals surface area contributed by atoms with Crippen LogP contribution in [0.25, 0.3) is 0 Å². The third kappa shape index (κ3) is 3.87. The van der Waals surface area contributed by atoms with E-state index in [1.807, 2.05) is 21.7 Å². The predicted molar refractivity (Wildman–Crippen MR) is 104 cm³/mol. The Bertz CT molecular complexity index is 860. The van der Waals surface area contributed by atoms with Crippen LogP contribution in [0.15, 0.2) is 30.6 Å². The van der Waals surface area contributed by atoms with E-state index in [-0.39, 0.29) is 23.3 Å². The van der Waals surface area contributed by atoms with Gasteiger partial charge in [0.05, 0.1) is 18.8 Å². The van der Waals surface area contributed by atoms with Crippen LogP contribution in [0.1, 0.15) is 52.7 Å². The number of rotatable bonds is 6. The Morgan fingerprint density at radius 2 is 2.07 bits per heavy atom. The minimum absolute atomic E-state index is 0.00732. The van der Waals surface area contributed by atoms with E-state index in [1.54, 1.807) is 25.6 Å². The van der Waals surface area contributed by atoms with Gasteiger partial charge in [0.25, 0.3) is 11.8 Å². The van der Waals surface area contributed by atoms with Gasteiger partial charge in [0.2, 0.25) is 0 Å². The van der Waals surface area contributed by atoms with Crippen LogP contribution in [0.4, 0.5) is 0 Å². The van der Waals surface area contributed by atoms with Crippen molar-refractivity contribution in [2.45, 2.75) is 31.7 Å². The van der Waals surface area contributed by atoms with E-state index in [9.17, 15) is 9.59 Å². The largest absolute Gasteiger partial charge is 0.383 e. The molecule has 1 aliphatic heterocycles. The molecule has 9 heteroatoms. The van der Waals surface area contributed by atoms with Gasteiger partial charge in [0.15, 0.2) is 5.69 Å². The molecule has 0 bridgehead atoms. The van der Waals surface area contributed by atoms with E-state index in [1.165, 1.54) is 0 Å². The van der Waals surface area contributed by atoms with E-state index in [0.717, 1.165) is 25.7 Å². The molecule has 2 fully saturated rings. The summed E-state index contributed by atoms with van der Waals surface area (Å²) in [5, 5.41) is 11.0. The summed E-state index contributed by atoms with van der Waals surface area (Å²) in [7, 11) is 1.59. The van der Waals surface area contributed by atoms with Crippen LogP contribution in [0.2, 0.25) is 0 Å². The molecule has 1 N–H and O–H groups in total. The number of carbonyl (C=O) groups is 2. The predicted octanol–water partition coefficient (Wildman–Crippen LogP) is 1.31. The number of methoxy groups -OCH3 is 1. The minimum Gasteiger partial charge on any atom is -0.383 e. The minimum atomic E-state index is -0.238. The second-order valence-corrected chi connectivity index (χ2v) is 7.76. The molecule has 1 unspecified atom stereocenters. The number of carbonyl (C=O) groups excluding carboxylic acids is 2. The molecular formula is C20H26N6O3. The molecule has 1 atom stereocenters. The van der Waals surface area contributed by atoms with Gasteiger partial charge in [0.1, 0.15) is 5.69 Å². The lowest BCUT2D eigenvalue weighted by molar-refractivity contribution is -0.0269. The number of nitrogens with one attached hydrogen (secondary N) is 1. The average molecular weight is 398 g/mol. The maximum Gasteiger partial charge on any atom is 0.273 e. The van der Waals surface area contributed by atoms with Crippen LogP contribution < -0.4 is 5.32 Å². The lowest BCUT2D eigenvalue weighted by Gasteiger charge is -2.53. The van der Waals surface area contributed by atoms with Gasteiger partial charge >= 0.3 is 0 Å². The zero-order valence-electron chi connectivity index (χ0n) is 16.6. The Labute approximate surface area is 169 Å². The van der Waals surface area contributed by atoms with E-state index >= 15 is 0 Å². The summed E-state index contributed by atoms with van der Waals surface area (Å²) >= 11 is 0. The van der Waals surface area contributed by atoms with Crippen LogP contribution in [-0.2, 0) is 4.74 Å². The highest BCUT2D eigenvalue weighted by atomic mass is 16.5. The van der Waals surface area contributed by atoms with Gasteiger partial charge in [-0.3, -0.25) is 14.6 Å². The molecule has 2 aromatic rings. The molecule has 0 aromatic carbocycles. The molecule has 4 rings (SSSR count). The fraction of sp³-hybridized carbons (Fsp3) is 0.550. The zero-order chi connectivity index (χ0) is 20.3. The number of likely N-dealkylation sites (tertiary alicyclic amines) is 1. The third-order valence-corrected chi connectivity index (χ3v) is 6.21. The number of ether oxygens (including phenoxy) is 1. The van der Waals surface area contributed by atoms with Crippen molar-refractivity contribution in [3.63, 3.8) is 0 Å². The topological polar surface area (TPSA) is 102 Å². The van der Waals surface area contributed by atoms with Gasteiger partial charge in [-0.25, -0.2) is 4.68 Å². The van der Waals surface area contributed by atoms with Crippen molar-refractivity contribution in [2.24, 2.45) is 5.41 Å². The average Bonchev–Trinajstić information content (AvgIpc) is 3.22. The van der Waals surface area contributed by atoms with Gasteiger partial charge in [-0.1, -0.05) is 11.3 Å². The van der Waals surface area contributed by atoms with Crippen LogP contribution in [0.3, 0.4) is 0 Å². The van der Waals surface area contributed by atoms with E-state index in [0.29, 0.717) is 37.6 Å². The van der Waals surface area contributed by atoms with Gasteiger partial charge in [-0.2, -0.15) is 0 Å². The fourth-order valence-corrected chi connectivity index (χ4v) is 4.37. The lowest BCUT2D eigenvalue weighted by atomic mass is 9.59. The van der Waals surface area contributed by atoms with Gasteiger partial charge in [0, 0.05) is 32.9 Å². The molecule has 154 valence electrons. The highest BCUT2D eigenvalue weighted by Gasteiger charge is 2.50. The summed E-state index contributed by atoms with van der Waals surface area (Å²) in [6, 6.07) is 5.63. The normalized spacial score (nSPS) is 20.3. The van der Waals surface area contributed by atoms with Crippen molar-refractivity contribution in [3.05, 3.63) is 42.0 Å². The van der Waals surface area contributed by atoms with Crippen molar-refractivity contribution in [1.82, 2.24) is 30.2 Å². The van der Waals surface area contributed by atoms with E-state index < -0.39 is 0 Å². The first-order valence-electron chi connectivity index (χ1n) is 10.0. The Balaban J connectivity index is 1.36. The van der Waals surface area contributed by atoms with Crippen molar-refractivity contribution in [2.75, 3.05) is 33.4 Å². The number of amides is 2. The second-order valence-electron chi connectivity index (χ2n) is 7.76. The highest BCUT2D eigenvalue weighted by Crippen LogP contribution is 2.56. The number of aromatic nitrogens is 4.